The second-order valence-corrected chi connectivity index (χ2v) is 10.9. The van der Waals surface area contributed by atoms with Crippen molar-refractivity contribution in [1.29, 1.82) is 0 Å². The standard InChI is InChI=1S/C24H41F3O3/c1-16(2)18-9-12-23(6,13-10-18)29-15-20(24(25,26)27)21(28)30-19-8-7-11-22(5,14-19)17(3)4/h16-20H,7-15H2,1-6H3. The molecule has 0 radical (unpaired) electrons. The summed E-state index contributed by atoms with van der Waals surface area (Å²) in [5.41, 5.74) is -0.605. The van der Waals surface area contributed by atoms with Crippen molar-refractivity contribution in [2.24, 2.45) is 29.1 Å². The fourth-order valence-electron chi connectivity index (χ4n) is 4.97. The van der Waals surface area contributed by atoms with Crippen molar-refractivity contribution in [3.8, 4) is 0 Å². The Morgan fingerprint density at radius 3 is 2.13 bits per heavy atom. The number of esters is 1. The number of carbonyl (C=O) groups excluding carboxylic acids is 1. The van der Waals surface area contributed by atoms with E-state index in [4.69, 9.17) is 9.47 Å². The fraction of sp³-hybridized carbons (Fsp3) is 0.958. The summed E-state index contributed by atoms with van der Waals surface area (Å²) >= 11 is 0. The Morgan fingerprint density at radius 1 is 1.03 bits per heavy atom. The molecule has 0 aromatic rings. The molecular weight excluding hydrogens is 393 g/mol. The van der Waals surface area contributed by atoms with Gasteiger partial charge in [0.25, 0.3) is 0 Å². The maximum atomic E-state index is 13.7. The monoisotopic (exact) mass is 434 g/mol. The summed E-state index contributed by atoms with van der Waals surface area (Å²) in [6.07, 6.45) is 1.38. The third kappa shape index (κ3) is 6.61. The molecule has 30 heavy (non-hydrogen) atoms. The van der Waals surface area contributed by atoms with E-state index in [1.807, 2.05) is 6.92 Å². The van der Waals surface area contributed by atoms with E-state index >= 15 is 0 Å². The molecule has 0 aromatic heterocycles. The minimum atomic E-state index is -4.67. The molecule has 2 aliphatic rings. The molecule has 6 heteroatoms. The summed E-state index contributed by atoms with van der Waals surface area (Å²) in [4.78, 5) is 12.5. The highest BCUT2D eigenvalue weighted by Crippen LogP contribution is 2.44. The normalized spacial score (nSPS) is 34.2. The van der Waals surface area contributed by atoms with Crippen LogP contribution >= 0.6 is 0 Å². The second kappa shape index (κ2) is 9.79. The SMILES string of the molecule is CC(C)C1CCC(C)(OCC(C(=O)OC2CCCC(C)(C(C)C)C2)C(F)(F)F)CC1. The zero-order valence-corrected chi connectivity index (χ0v) is 19.6. The van der Waals surface area contributed by atoms with E-state index < -0.39 is 36.4 Å². The van der Waals surface area contributed by atoms with Crippen LogP contribution in [0.15, 0.2) is 0 Å². The Morgan fingerprint density at radius 2 is 1.63 bits per heavy atom. The van der Waals surface area contributed by atoms with Crippen molar-refractivity contribution in [2.45, 2.75) is 111 Å². The largest absolute Gasteiger partial charge is 0.462 e. The predicted molar refractivity (Wildman–Crippen MR) is 112 cm³/mol. The predicted octanol–water partition coefficient (Wildman–Crippen LogP) is 6.93. The number of hydrogen-bond acceptors (Lipinski definition) is 3. The molecule has 0 aromatic carbocycles. The molecular formula is C24H41F3O3. The Kier molecular flexibility index (Phi) is 8.31. The molecule has 0 bridgehead atoms. The van der Waals surface area contributed by atoms with Crippen molar-refractivity contribution < 1.29 is 27.4 Å². The van der Waals surface area contributed by atoms with E-state index in [-0.39, 0.29) is 5.41 Å². The molecule has 3 atom stereocenters. The molecule has 176 valence electrons. The zero-order valence-electron chi connectivity index (χ0n) is 19.6. The first kappa shape index (κ1) is 25.5. The van der Waals surface area contributed by atoms with Crippen molar-refractivity contribution in [2.75, 3.05) is 6.61 Å². The van der Waals surface area contributed by atoms with E-state index in [0.29, 0.717) is 30.6 Å². The molecule has 0 N–H and O–H groups in total. The lowest BCUT2D eigenvalue weighted by atomic mass is 9.67. The van der Waals surface area contributed by atoms with Gasteiger partial charge in [-0.1, -0.05) is 34.6 Å². The smallest absolute Gasteiger partial charge is 0.404 e. The number of alkyl halides is 3. The van der Waals surface area contributed by atoms with Gasteiger partial charge in [-0.25, -0.2) is 0 Å². The molecule has 0 heterocycles. The van der Waals surface area contributed by atoms with Gasteiger partial charge in [-0.15, -0.1) is 0 Å². The zero-order chi connectivity index (χ0) is 22.7. The lowest BCUT2D eigenvalue weighted by Gasteiger charge is -2.41. The van der Waals surface area contributed by atoms with Gasteiger partial charge in [0.05, 0.1) is 12.2 Å². The van der Waals surface area contributed by atoms with Gasteiger partial charge in [-0.05, 0) is 81.5 Å². The molecule has 0 aliphatic heterocycles. The molecule has 2 aliphatic carbocycles. The summed E-state index contributed by atoms with van der Waals surface area (Å²) in [6, 6.07) is 0. The number of halogens is 3. The van der Waals surface area contributed by atoms with Crippen LogP contribution in [0.25, 0.3) is 0 Å². The highest BCUT2D eigenvalue weighted by molar-refractivity contribution is 5.73. The van der Waals surface area contributed by atoms with Crippen LogP contribution in [0.1, 0.15) is 92.9 Å². The molecule has 2 rings (SSSR count). The van der Waals surface area contributed by atoms with Crippen LogP contribution in [-0.4, -0.2) is 30.5 Å². The van der Waals surface area contributed by atoms with Crippen LogP contribution in [0.3, 0.4) is 0 Å². The van der Waals surface area contributed by atoms with E-state index in [2.05, 4.69) is 34.6 Å². The van der Waals surface area contributed by atoms with Crippen LogP contribution in [-0.2, 0) is 14.3 Å². The highest BCUT2D eigenvalue weighted by atomic mass is 19.4. The average Bonchev–Trinajstić information content (AvgIpc) is 2.61. The molecule has 0 spiro atoms. The highest BCUT2D eigenvalue weighted by Gasteiger charge is 2.49. The average molecular weight is 435 g/mol. The Balaban J connectivity index is 1.96. The maximum absolute atomic E-state index is 13.7. The lowest BCUT2D eigenvalue weighted by Crippen LogP contribution is -2.43. The third-order valence-corrected chi connectivity index (χ3v) is 7.95. The second-order valence-electron chi connectivity index (χ2n) is 10.9. The summed E-state index contributed by atoms with van der Waals surface area (Å²) < 4.78 is 52.2. The summed E-state index contributed by atoms with van der Waals surface area (Å²) in [6.45, 7) is 11.9. The van der Waals surface area contributed by atoms with Crippen molar-refractivity contribution >= 4 is 5.97 Å². The molecule has 2 fully saturated rings. The maximum Gasteiger partial charge on any atom is 0.404 e. The van der Waals surface area contributed by atoms with Crippen LogP contribution in [0, 0.1) is 29.1 Å². The van der Waals surface area contributed by atoms with Crippen molar-refractivity contribution in [3.05, 3.63) is 0 Å². The first-order valence-corrected chi connectivity index (χ1v) is 11.7. The van der Waals surface area contributed by atoms with Crippen LogP contribution < -0.4 is 0 Å². The lowest BCUT2D eigenvalue weighted by molar-refractivity contribution is -0.220. The molecule has 0 saturated heterocycles. The van der Waals surface area contributed by atoms with Gasteiger partial charge in [0.2, 0.25) is 0 Å². The Bertz CT molecular complexity index is 565. The molecule has 3 unspecified atom stereocenters. The molecule has 3 nitrogen and oxygen atoms in total. The first-order chi connectivity index (χ1) is 13.8. The van der Waals surface area contributed by atoms with Crippen LogP contribution in [0.5, 0.6) is 0 Å². The van der Waals surface area contributed by atoms with E-state index in [0.717, 1.165) is 38.5 Å². The van der Waals surface area contributed by atoms with Gasteiger partial charge < -0.3 is 9.47 Å². The van der Waals surface area contributed by atoms with Crippen LogP contribution in [0.4, 0.5) is 13.2 Å². The van der Waals surface area contributed by atoms with Crippen molar-refractivity contribution in [3.63, 3.8) is 0 Å². The summed E-state index contributed by atoms with van der Waals surface area (Å²) in [7, 11) is 0. The Labute approximate surface area is 180 Å². The Hall–Kier alpha value is -0.780. The van der Waals surface area contributed by atoms with Gasteiger partial charge in [-0.3, -0.25) is 4.79 Å². The third-order valence-electron chi connectivity index (χ3n) is 7.95. The minimum Gasteiger partial charge on any atom is -0.462 e. The summed E-state index contributed by atoms with van der Waals surface area (Å²) in [5, 5.41) is 0. The van der Waals surface area contributed by atoms with Crippen molar-refractivity contribution in [1.82, 2.24) is 0 Å². The van der Waals surface area contributed by atoms with E-state index in [1.54, 1.807) is 0 Å². The number of carbonyl (C=O) groups is 1. The van der Waals surface area contributed by atoms with E-state index in [1.165, 1.54) is 0 Å². The van der Waals surface area contributed by atoms with Gasteiger partial charge in [0, 0.05) is 0 Å². The quantitative estimate of drug-likeness (QED) is 0.407. The topological polar surface area (TPSA) is 35.5 Å². The number of rotatable bonds is 7. The molecule has 2 saturated carbocycles. The van der Waals surface area contributed by atoms with E-state index in [9.17, 15) is 18.0 Å². The van der Waals surface area contributed by atoms with Gasteiger partial charge in [-0.2, -0.15) is 13.2 Å². The van der Waals surface area contributed by atoms with Gasteiger partial charge in [0.15, 0.2) is 5.92 Å². The van der Waals surface area contributed by atoms with Gasteiger partial charge >= 0.3 is 12.1 Å². The summed E-state index contributed by atoms with van der Waals surface area (Å²) in [5.74, 6) is -1.85. The van der Waals surface area contributed by atoms with Crippen LogP contribution in [0.2, 0.25) is 0 Å². The first-order valence-electron chi connectivity index (χ1n) is 11.7. The number of hydrogen-bond donors (Lipinski definition) is 0. The fourth-order valence-corrected chi connectivity index (χ4v) is 4.97. The van der Waals surface area contributed by atoms with Gasteiger partial charge in [0.1, 0.15) is 6.10 Å². The molecule has 0 amide bonds. The minimum absolute atomic E-state index is 0.00401. The number of ether oxygens (including phenoxy) is 2.